The van der Waals surface area contributed by atoms with Gasteiger partial charge in [-0.3, -0.25) is 9.47 Å². The minimum absolute atomic E-state index is 0.0435. The van der Waals surface area contributed by atoms with E-state index < -0.39 is 11.9 Å². The summed E-state index contributed by atoms with van der Waals surface area (Å²) in [6.07, 6.45) is 6.78. The molecule has 0 amide bonds. The van der Waals surface area contributed by atoms with Crippen molar-refractivity contribution in [1.82, 2.24) is 0 Å². The normalized spacial score (nSPS) is 38.3. The Hall–Kier alpha value is -0.320. The van der Waals surface area contributed by atoms with Crippen LogP contribution in [-0.2, 0) is 37.9 Å². The van der Waals surface area contributed by atoms with Crippen molar-refractivity contribution in [3.05, 3.63) is 0 Å². The molecule has 8 nitrogen and oxygen atoms in total. The summed E-state index contributed by atoms with van der Waals surface area (Å²) in [4.78, 5) is 0. The molecule has 0 spiro atoms. The van der Waals surface area contributed by atoms with Gasteiger partial charge in [0.25, 0.3) is 11.9 Å². The Morgan fingerprint density at radius 3 is 1.32 bits per heavy atom. The molecule has 200 valence electrons. The van der Waals surface area contributed by atoms with Crippen LogP contribution < -0.4 is 0 Å². The molecule has 1 aliphatic carbocycles. The summed E-state index contributed by atoms with van der Waals surface area (Å²) in [6, 6.07) is 0. The monoisotopic (exact) mass is 488 g/mol. The maximum Gasteiger partial charge on any atom is 0.285 e. The van der Waals surface area contributed by atoms with Gasteiger partial charge in [0.15, 0.2) is 12.6 Å². The number of rotatable bonds is 14. The zero-order valence-electron chi connectivity index (χ0n) is 22.2. The van der Waals surface area contributed by atoms with Crippen LogP contribution in [0.2, 0.25) is 0 Å². The van der Waals surface area contributed by atoms with Gasteiger partial charge in [0.2, 0.25) is 0 Å². The zero-order valence-corrected chi connectivity index (χ0v) is 22.2. The highest BCUT2D eigenvalue weighted by Gasteiger charge is 2.43. The van der Waals surface area contributed by atoms with Crippen molar-refractivity contribution in [3.8, 4) is 0 Å². The molecule has 34 heavy (non-hydrogen) atoms. The topological polar surface area (TPSA) is 73.8 Å². The van der Waals surface area contributed by atoms with Crippen molar-refractivity contribution in [3.63, 3.8) is 0 Å². The van der Waals surface area contributed by atoms with E-state index in [0.29, 0.717) is 51.1 Å². The molecule has 2 heterocycles. The lowest BCUT2D eigenvalue weighted by atomic mass is 9.83. The first-order valence-electron chi connectivity index (χ1n) is 13.6. The molecule has 0 aromatic rings. The van der Waals surface area contributed by atoms with Gasteiger partial charge in [-0.15, -0.1) is 0 Å². The van der Waals surface area contributed by atoms with Crippen LogP contribution in [0.1, 0.15) is 92.9 Å². The molecule has 8 heteroatoms. The van der Waals surface area contributed by atoms with Gasteiger partial charge in [-0.05, 0) is 64.2 Å². The lowest BCUT2D eigenvalue weighted by Gasteiger charge is -2.34. The Labute approximate surface area is 206 Å². The van der Waals surface area contributed by atoms with E-state index in [1.807, 2.05) is 27.7 Å². The van der Waals surface area contributed by atoms with Crippen LogP contribution in [0.5, 0.6) is 0 Å². The first kappa shape index (κ1) is 28.3. The molecule has 6 atom stereocenters. The molecule has 6 unspecified atom stereocenters. The predicted molar refractivity (Wildman–Crippen MR) is 127 cm³/mol. The molecule has 1 saturated carbocycles. The minimum Gasteiger partial charge on any atom is -0.352 e. The van der Waals surface area contributed by atoms with Crippen LogP contribution >= 0.6 is 0 Å². The molecular formula is C26H48O8. The Balaban J connectivity index is 1.35. The second-order valence-corrected chi connectivity index (χ2v) is 10.0. The Morgan fingerprint density at radius 1 is 0.676 bits per heavy atom. The molecule has 0 bridgehead atoms. The second-order valence-electron chi connectivity index (χ2n) is 10.0. The van der Waals surface area contributed by atoms with E-state index in [1.54, 1.807) is 0 Å². The van der Waals surface area contributed by atoms with Gasteiger partial charge in [-0.25, -0.2) is 0 Å². The highest BCUT2D eigenvalue weighted by atomic mass is 16.9. The Kier molecular flexibility index (Phi) is 11.0. The molecule has 2 saturated heterocycles. The van der Waals surface area contributed by atoms with Crippen LogP contribution in [0.3, 0.4) is 0 Å². The van der Waals surface area contributed by atoms with Crippen molar-refractivity contribution in [2.24, 2.45) is 11.8 Å². The van der Waals surface area contributed by atoms with Crippen molar-refractivity contribution in [2.75, 3.05) is 26.4 Å². The second kappa shape index (κ2) is 13.3. The SMILES string of the molecule is CCC(OCC1CCC(COC(CC)OC2(CC)OCC(C)O2)CC1)OC1(CC)OCC(C)O1. The van der Waals surface area contributed by atoms with Gasteiger partial charge in [-0.1, -0.05) is 27.7 Å². The molecule has 0 radical (unpaired) electrons. The molecule has 0 N–H and O–H groups in total. The van der Waals surface area contributed by atoms with E-state index in [0.717, 1.165) is 38.5 Å². The fourth-order valence-corrected chi connectivity index (χ4v) is 4.82. The van der Waals surface area contributed by atoms with Crippen molar-refractivity contribution in [2.45, 2.75) is 130 Å². The van der Waals surface area contributed by atoms with E-state index in [-0.39, 0.29) is 24.8 Å². The Morgan fingerprint density at radius 2 is 1.06 bits per heavy atom. The summed E-state index contributed by atoms with van der Waals surface area (Å²) in [7, 11) is 0. The number of hydrogen-bond donors (Lipinski definition) is 0. The first-order chi connectivity index (χ1) is 16.3. The summed E-state index contributed by atoms with van der Waals surface area (Å²) in [5, 5.41) is 0. The quantitative estimate of drug-likeness (QED) is 0.304. The van der Waals surface area contributed by atoms with Gasteiger partial charge in [0, 0.05) is 12.8 Å². The van der Waals surface area contributed by atoms with E-state index in [9.17, 15) is 0 Å². The summed E-state index contributed by atoms with van der Waals surface area (Å²) in [6.45, 7) is 14.7. The van der Waals surface area contributed by atoms with Crippen molar-refractivity contribution in [1.29, 1.82) is 0 Å². The standard InChI is InChI=1S/C26H48O8/c1-7-23(33-25(9-3)29-15-19(5)31-25)27-17-21-11-13-22(14-12-21)18-28-24(8-2)34-26(10-4)30-16-20(6)32-26/h19-24H,7-18H2,1-6H3. The van der Waals surface area contributed by atoms with Crippen LogP contribution in [-0.4, -0.2) is 63.2 Å². The predicted octanol–water partition coefficient (Wildman–Crippen LogP) is 5.33. The third-order valence-corrected chi connectivity index (χ3v) is 6.99. The average molecular weight is 489 g/mol. The average Bonchev–Trinajstić information content (AvgIpc) is 3.42. The van der Waals surface area contributed by atoms with E-state index in [2.05, 4.69) is 13.8 Å². The van der Waals surface area contributed by atoms with Crippen molar-refractivity contribution >= 4 is 0 Å². The van der Waals surface area contributed by atoms with Crippen molar-refractivity contribution < 1.29 is 37.9 Å². The van der Waals surface area contributed by atoms with Crippen LogP contribution in [0, 0.1) is 11.8 Å². The van der Waals surface area contributed by atoms with Crippen LogP contribution in [0.4, 0.5) is 0 Å². The smallest absolute Gasteiger partial charge is 0.285 e. The number of hydrogen-bond acceptors (Lipinski definition) is 8. The molecule has 3 rings (SSSR count). The fourth-order valence-electron chi connectivity index (χ4n) is 4.82. The van der Waals surface area contributed by atoms with Gasteiger partial charge in [0.05, 0.1) is 38.6 Å². The summed E-state index contributed by atoms with van der Waals surface area (Å²) < 4.78 is 47.9. The van der Waals surface area contributed by atoms with E-state index >= 15 is 0 Å². The third-order valence-electron chi connectivity index (χ3n) is 6.99. The third kappa shape index (κ3) is 7.84. The Bertz CT molecular complexity index is 533. The summed E-state index contributed by atoms with van der Waals surface area (Å²) in [5.74, 6) is -0.843. The minimum atomic E-state index is -0.962. The first-order valence-corrected chi connectivity index (χ1v) is 13.6. The molecular weight excluding hydrogens is 440 g/mol. The molecule has 3 fully saturated rings. The molecule has 0 aromatic carbocycles. The molecule has 0 aromatic heterocycles. The summed E-state index contributed by atoms with van der Waals surface area (Å²) >= 11 is 0. The zero-order chi connectivity index (χ0) is 24.6. The van der Waals surface area contributed by atoms with Gasteiger partial charge < -0.3 is 28.4 Å². The van der Waals surface area contributed by atoms with Crippen LogP contribution in [0.25, 0.3) is 0 Å². The van der Waals surface area contributed by atoms with E-state index in [4.69, 9.17) is 37.9 Å². The highest BCUT2D eigenvalue weighted by molar-refractivity contribution is 4.74. The van der Waals surface area contributed by atoms with Gasteiger partial charge >= 0.3 is 0 Å². The lowest BCUT2D eigenvalue weighted by Crippen LogP contribution is -2.39. The van der Waals surface area contributed by atoms with Gasteiger partial charge in [-0.2, -0.15) is 0 Å². The van der Waals surface area contributed by atoms with Crippen LogP contribution in [0.15, 0.2) is 0 Å². The largest absolute Gasteiger partial charge is 0.352 e. The fraction of sp³-hybridized carbons (Fsp3) is 1.00. The maximum atomic E-state index is 6.15. The molecule has 2 aliphatic heterocycles. The number of ether oxygens (including phenoxy) is 8. The molecule has 3 aliphatic rings. The van der Waals surface area contributed by atoms with E-state index in [1.165, 1.54) is 0 Å². The maximum absolute atomic E-state index is 6.15. The van der Waals surface area contributed by atoms with Gasteiger partial charge in [0.1, 0.15) is 0 Å². The summed E-state index contributed by atoms with van der Waals surface area (Å²) in [5.41, 5.74) is 0. The lowest BCUT2D eigenvalue weighted by molar-refractivity contribution is -0.388. The highest BCUT2D eigenvalue weighted by Crippen LogP contribution is 2.34.